The highest BCUT2D eigenvalue weighted by Gasteiger charge is 2.50. The maximum absolute atomic E-state index is 6.40. The summed E-state index contributed by atoms with van der Waals surface area (Å²) in [5.74, 6) is 0. The van der Waals surface area contributed by atoms with Crippen molar-refractivity contribution in [3.8, 4) is 0 Å². The minimum Gasteiger partial charge on any atom is -0.356 e. The van der Waals surface area contributed by atoms with Gasteiger partial charge in [0.2, 0.25) is 0 Å². The zero-order valence-electron chi connectivity index (χ0n) is 13.1. The van der Waals surface area contributed by atoms with Crippen LogP contribution < -0.4 is 0 Å². The predicted molar refractivity (Wildman–Crippen MR) is 85.7 cm³/mol. The van der Waals surface area contributed by atoms with Gasteiger partial charge in [0.1, 0.15) is 0 Å². The second-order valence-electron chi connectivity index (χ2n) is 7.59. The molecule has 0 bridgehead atoms. The zero-order chi connectivity index (χ0) is 14.2. The van der Waals surface area contributed by atoms with Crippen LogP contribution in [0.15, 0.2) is 11.0 Å². The molecule has 18 heavy (non-hydrogen) atoms. The van der Waals surface area contributed by atoms with E-state index in [-0.39, 0.29) is 16.5 Å². The largest absolute Gasteiger partial charge is 0.356 e. The number of hydrogen-bond acceptors (Lipinski definition) is 3. The third-order valence-electron chi connectivity index (χ3n) is 2.89. The van der Waals surface area contributed by atoms with Crippen molar-refractivity contribution in [3.63, 3.8) is 0 Å². The summed E-state index contributed by atoms with van der Waals surface area (Å²) in [6.07, 6.45) is 1.34. The van der Waals surface area contributed by atoms with Crippen molar-refractivity contribution in [2.75, 3.05) is 0 Å². The molecule has 0 aromatic heterocycles. The van der Waals surface area contributed by atoms with E-state index in [1.165, 1.54) is 5.57 Å². The van der Waals surface area contributed by atoms with Gasteiger partial charge >= 0.3 is 0 Å². The molecule has 1 heterocycles. The first kappa shape index (κ1) is 16.5. The SMILES string of the molecule is CC(C)OC1(C(C)(C)C)SSC=C1CC(C)(C)C. The lowest BCUT2D eigenvalue weighted by molar-refractivity contribution is -0.0566. The Morgan fingerprint density at radius 2 is 1.72 bits per heavy atom. The molecule has 0 radical (unpaired) electrons. The van der Waals surface area contributed by atoms with Gasteiger partial charge in [-0.1, -0.05) is 52.3 Å². The Balaban J connectivity index is 3.07. The van der Waals surface area contributed by atoms with E-state index in [0.29, 0.717) is 5.41 Å². The van der Waals surface area contributed by atoms with Crippen molar-refractivity contribution in [1.82, 2.24) is 0 Å². The van der Waals surface area contributed by atoms with Crippen LogP contribution in [0.2, 0.25) is 0 Å². The molecule has 1 unspecified atom stereocenters. The Hall–Kier alpha value is 0.400. The molecule has 0 aromatic rings. The standard InChI is InChI=1S/C15H28OS2/c1-11(2)16-15(14(6,7)8)12(10-17-18-15)9-13(3,4)5/h10-11H,9H2,1-8H3. The van der Waals surface area contributed by atoms with Crippen LogP contribution in [0.5, 0.6) is 0 Å². The van der Waals surface area contributed by atoms with E-state index in [1.54, 1.807) is 0 Å². The van der Waals surface area contributed by atoms with Gasteiger partial charge in [-0.05, 0) is 47.5 Å². The van der Waals surface area contributed by atoms with E-state index in [0.717, 1.165) is 6.42 Å². The molecule has 0 aromatic carbocycles. The van der Waals surface area contributed by atoms with E-state index in [4.69, 9.17) is 4.74 Å². The normalized spacial score (nSPS) is 25.7. The van der Waals surface area contributed by atoms with E-state index < -0.39 is 0 Å². The summed E-state index contributed by atoms with van der Waals surface area (Å²) >= 11 is 0. The van der Waals surface area contributed by atoms with Crippen molar-refractivity contribution in [2.45, 2.75) is 72.8 Å². The molecule has 1 nitrogen and oxygen atoms in total. The molecular formula is C15H28OS2. The van der Waals surface area contributed by atoms with Crippen LogP contribution in [0.25, 0.3) is 0 Å². The average molecular weight is 289 g/mol. The minimum atomic E-state index is -0.181. The van der Waals surface area contributed by atoms with Crippen LogP contribution in [0, 0.1) is 10.8 Å². The number of hydrogen-bond donors (Lipinski definition) is 0. The summed E-state index contributed by atoms with van der Waals surface area (Å²) in [5.41, 5.74) is 1.85. The Morgan fingerprint density at radius 3 is 2.11 bits per heavy atom. The van der Waals surface area contributed by atoms with Crippen molar-refractivity contribution >= 4 is 21.6 Å². The minimum absolute atomic E-state index is 0.0997. The third-order valence-corrected chi connectivity index (χ3v) is 5.85. The molecule has 0 saturated heterocycles. The van der Waals surface area contributed by atoms with Crippen LogP contribution >= 0.6 is 21.6 Å². The van der Waals surface area contributed by atoms with E-state index in [9.17, 15) is 0 Å². The van der Waals surface area contributed by atoms with E-state index in [2.05, 4.69) is 60.8 Å². The van der Waals surface area contributed by atoms with Crippen LogP contribution in [-0.4, -0.2) is 11.0 Å². The molecule has 0 N–H and O–H groups in total. The van der Waals surface area contributed by atoms with Crippen LogP contribution in [0.1, 0.15) is 61.8 Å². The van der Waals surface area contributed by atoms with Crippen molar-refractivity contribution in [1.29, 1.82) is 0 Å². The van der Waals surface area contributed by atoms with Crippen LogP contribution in [-0.2, 0) is 4.74 Å². The third kappa shape index (κ3) is 3.71. The lowest BCUT2D eigenvalue weighted by Gasteiger charge is -2.44. The first-order chi connectivity index (χ1) is 7.98. The van der Waals surface area contributed by atoms with E-state index >= 15 is 0 Å². The van der Waals surface area contributed by atoms with E-state index in [1.807, 2.05) is 21.6 Å². The van der Waals surface area contributed by atoms with Crippen molar-refractivity contribution in [2.24, 2.45) is 10.8 Å². The monoisotopic (exact) mass is 288 g/mol. The van der Waals surface area contributed by atoms with Gasteiger partial charge in [0, 0.05) is 5.41 Å². The molecular weight excluding hydrogens is 260 g/mol. The quantitative estimate of drug-likeness (QED) is 0.601. The molecule has 1 aliphatic heterocycles. The molecule has 0 saturated carbocycles. The summed E-state index contributed by atoms with van der Waals surface area (Å²) in [5, 5.41) is 2.31. The molecule has 1 atom stereocenters. The maximum Gasteiger partial charge on any atom is 0.151 e. The molecule has 1 rings (SSSR count). The Labute approximate surface area is 121 Å². The summed E-state index contributed by atoms with van der Waals surface area (Å²) in [4.78, 5) is -0.181. The highest BCUT2D eigenvalue weighted by Crippen LogP contribution is 2.60. The summed E-state index contributed by atoms with van der Waals surface area (Å²) in [7, 11) is 3.70. The molecule has 0 aliphatic carbocycles. The van der Waals surface area contributed by atoms with Gasteiger partial charge in [0.15, 0.2) is 4.93 Å². The summed E-state index contributed by atoms with van der Waals surface area (Å²) in [6, 6.07) is 0. The second-order valence-corrected chi connectivity index (χ2v) is 9.84. The van der Waals surface area contributed by atoms with Gasteiger partial charge in [-0.15, -0.1) is 0 Å². The summed E-state index contributed by atoms with van der Waals surface area (Å²) in [6.45, 7) is 18.0. The lowest BCUT2D eigenvalue weighted by atomic mass is 9.78. The molecule has 106 valence electrons. The molecule has 1 aliphatic rings. The van der Waals surface area contributed by atoms with Gasteiger partial charge < -0.3 is 4.74 Å². The number of rotatable bonds is 3. The zero-order valence-corrected chi connectivity index (χ0v) is 14.7. The smallest absolute Gasteiger partial charge is 0.151 e. The second kappa shape index (κ2) is 5.41. The highest BCUT2D eigenvalue weighted by atomic mass is 33.1. The highest BCUT2D eigenvalue weighted by molar-refractivity contribution is 8.78. The molecule has 0 fully saturated rings. The van der Waals surface area contributed by atoms with Crippen LogP contribution in [0.4, 0.5) is 0 Å². The fourth-order valence-corrected chi connectivity index (χ4v) is 5.65. The van der Waals surface area contributed by atoms with Crippen molar-refractivity contribution in [3.05, 3.63) is 11.0 Å². The lowest BCUT2D eigenvalue weighted by Crippen LogP contribution is -2.44. The molecule has 3 heteroatoms. The van der Waals surface area contributed by atoms with Gasteiger partial charge in [-0.2, -0.15) is 0 Å². The Morgan fingerprint density at radius 1 is 1.17 bits per heavy atom. The summed E-state index contributed by atoms with van der Waals surface area (Å²) < 4.78 is 6.40. The Bertz CT molecular complexity index is 320. The number of ether oxygens (including phenoxy) is 1. The maximum atomic E-state index is 6.40. The fraction of sp³-hybridized carbons (Fsp3) is 0.867. The molecule has 0 spiro atoms. The Kier molecular flexibility index (Phi) is 4.95. The fourth-order valence-electron chi connectivity index (χ4n) is 2.22. The van der Waals surface area contributed by atoms with Gasteiger partial charge in [-0.3, -0.25) is 0 Å². The van der Waals surface area contributed by atoms with Crippen LogP contribution in [0.3, 0.4) is 0 Å². The first-order valence-electron chi connectivity index (χ1n) is 6.70. The average Bonchev–Trinajstić information content (AvgIpc) is 2.44. The van der Waals surface area contributed by atoms with Gasteiger partial charge in [0.05, 0.1) is 6.10 Å². The van der Waals surface area contributed by atoms with Gasteiger partial charge in [-0.25, -0.2) is 0 Å². The topological polar surface area (TPSA) is 9.23 Å². The predicted octanol–water partition coefficient (Wildman–Crippen LogP) is 5.87. The molecule has 0 amide bonds. The van der Waals surface area contributed by atoms with Gasteiger partial charge in [0.25, 0.3) is 0 Å². The van der Waals surface area contributed by atoms with Crippen molar-refractivity contribution < 1.29 is 4.74 Å². The first-order valence-corrected chi connectivity index (χ1v) is 8.91.